The van der Waals surface area contributed by atoms with E-state index in [-0.39, 0.29) is 16.7 Å². The minimum absolute atomic E-state index is 0.0822. The van der Waals surface area contributed by atoms with Crippen molar-refractivity contribution in [2.24, 2.45) is 10.8 Å². The maximum atomic E-state index is 12.6. The molecule has 1 saturated heterocycles. The number of rotatable bonds is 6. The molecule has 1 heterocycles. The molecule has 0 unspecified atom stereocenters. The van der Waals surface area contributed by atoms with Crippen LogP contribution < -0.4 is 10.6 Å². The second kappa shape index (κ2) is 6.90. The Morgan fingerprint density at radius 1 is 1.20 bits per heavy atom. The van der Waals surface area contributed by atoms with Crippen LogP contribution in [0.15, 0.2) is 0 Å². The molecule has 2 fully saturated rings. The van der Waals surface area contributed by atoms with E-state index in [1.54, 1.807) is 7.11 Å². The fourth-order valence-corrected chi connectivity index (χ4v) is 3.88. The van der Waals surface area contributed by atoms with Gasteiger partial charge in [-0.25, -0.2) is 0 Å². The molecule has 0 atom stereocenters. The fourth-order valence-electron chi connectivity index (χ4n) is 3.88. The average molecular weight is 282 g/mol. The predicted octanol–water partition coefficient (Wildman–Crippen LogP) is 2.09. The van der Waals surface area contributed by atoms with Gasteiger partial charge in [0.05, 0.1) is 6.61 Å². The molecule has 0 aromatic heterocycles. The Bertz CT molecular complexity index is 313. The van der Waals surface area contributed by atoms with Crippen LogP contribution in [0.3, 0.4) is 0 Å². The SMILES string of the molecule is CCC1(C(=O)NCC2(COC)CCNCC2)CCCC1. The average Bonchev–Trinajstić information content (AvgIpc) is 2.96. The third-order valence-corrected chi connectivity index (χ3v) is 5.46. The molecule has 0 aromatic rings. The van der Waals surface area contributed by atoms with E-state index in [2.05, 4.69) is 17.6 Å². The first-order chi connectivity index (χ1) is 9.66. The van der Waals surface area contributed by atoms with Crippen molar-refractivity contribution < 1.29 is 9.53 Å². The van der Waals surface area contributed by atoms with E-state index in [1.807, 2.05) is 0 Å². The van der Waals surface area contributed by atoms with Crippen LogP contribution in [0.2, 0.25) is 0 Å². The van der Waals surface area contributed by atoms with Gasteiger partial charge in [-0.05, 0) is 45.2 Å². The lowest BCUT2D eigenvalue weighted by atomic mass is 9.78. The van der Waals surface area contributed by atoms with E-state index in [0.29, 0.717) is 0 Å². The molecule has 2 N–H and O–H groups in total. The second-order valence-electron chi connectivity index (χ2n) is 6.71. The number of hydrogen-bond acceptors (Lipinski definition) is 3. The molecule has 1 aliphatic carbocycles. The van der Waals surface area contributed by atoms with E-state index in [4.69, 9.17) is 4.74 Å². The molecule has 4 nitrogen and oxygen atoms in total. The molecule has 4 heteroatoms. The van der Waals surface area contributed by atoms with Gasteiger partial charge in [-0.2, -0.15) is 0 Å². The van der Waals surface area contributed by atoms with Gasteiger partial charge in [-0.3, -0.25) is 4.79 Å². The minimum Gasteiger partial charge on any atom is -0.384 e. The fraction of sp³-hybridized carbons (Fsp3) is 0.938. The Kier molecular flexibility index (Phi) is 5.44. The third-order valence-electron chi connectivity index (χ3n) is 5.46. The van der Waals surface area contributed by atoms with Crippen LogP contribution >= 0.6 is 0 Å². The molecule has 1 amide bonds. The Morgan fingerprint density at radius 3 is 2.40 bits per heavy atom. The van der Waals surface area contributed by atoms with Gasteiger partial charge in [-0.15, -0.1) is 0 Å². The molecule has 116 valence electrons. The smallest absolute Gasteiger partial charge is 0.226 e. The van der Waals surface area contributed by atoms with Gasteiger partial charge < -0.3 is 15.4 Å². The van der Waals surface area contributed by atoms with Crippen LogP contribution in [0.25, 0.3) is 0 Å². The molecular formula is C16H30N2O2. The highest BCUT2D eigenvalue weighted by molar-refractivity contribution is 5.82. The van der Waals surface area contributed by atoms with Gasteiger partial charge >= 0.3 is 0 Å². The van der Waals surface area contributed by atoms with Crippen LogP contribution in [0.5, 0.6) is 0 Å². The van der Waals surface area contributed by atoms with Gasteiger partial charge in [0.1, 0.15) is 0 Å². The second-order valence-corrected chi connectivity index (χ2v) is 6.71. The van der Waals surface area contributed by atoms with Crippen LogP contribution in [0.4, 0.5) is 0 Å². The van der Waals surface area contributed by atoms with Gasteiger partial charge in [0, 0.05) is 24.5 Å². The molecule has 2 rings (SSSR count). The lowest BCUT2D eigenvalue weighted by Gasteiger charge is -2.38. The summed E-state index contributed by atoms with van der Waals surface area (Å²) in [6, 6.07) is 0. The summed E-state index contributed by atoms with van der Waals surface area (Å²) >= 11 is 0. The third kappa shape index (κ3) is 3.34. The molecule has 0 radical (unpaired) electrons. The highest BCUT2D eigenvalue weighted by atomic mass is 16.5. The van der Waals surface area contributed by atoms with Crippen molar-refractivity contribution in [2.75, 3.05) is 33.4 Å². The number of carbonyl (C=O) groups excluding carboxylic acids is 1. The van der Waals surface area contributed by atoms with Crippen molar-refractivity contribution in [2.45, 2.75) is 51.9 Å². The van der Waals surface area contributed by atoms with Crippen LogP contribution in [0.1, 0.15) is 51.9 Å². The molecule has 0 bridgehead atoms. The molecule has 2 aliphatic rings. The Morgan fingerprint density at radius 2 is 1.85 bits per heavy atom. The standard InChI is InChI=1S/C16H30N2O2/c1-3-16(6-4-5-7-16)14(19)18-12-15(13-20-2)8-10-17-11-9-15/h17H,3-13H2,1-2H3,(H,18,19). The van der Waals surface area contributed by atoms with Gasteiger partial charge in [-0.1, -0.05) is 19.8 Å². The topological polar surface area (TPSA) is 50.4 Å². The predicted molar refractivity (Wildman–Crippen MR) is 80.6 cm³/mol. The highest BCUT2D eigenvalue weighted by Gasteiger charge is 2.40. The molecular weight excluding hydrogens is 252 g/mol. The van der Waals surface area contributed by atoms with Gasteiger partial charge in [0.25, 0.3) is 0 Å². The van der Waals surface area contributed by atoms with Crippen molar-refractivity contribution in [3.05, 3.63) is 0 Å². The van der Waals surface area contributed by atoms with Crippen LogP contribution in [-0.2, 0) is 9.53 Å². The minimum atomic E-state index is -0.0822. The number of hydrogen-bond donors (Lipinski definition) is 2. The number of amides is 1. The lowest BCUT2D eigenvalue weighted by molar-refractivity contribution is -0.132. The molecule has 1 aliphatic heterocycles. The molecule has 20 heavy (non-hydrogen) atoms. The van der Waals surface area contributed by atoms with Crippen LogP contribution in [0, 0.1) is 10.8 Å². The van der Waals surface area contributed by atoms with Crippen molar-refractivity contribution in [3.8, 4) is 0 Å². The summed E-state index contributed by atoms with van der Waals surface area (Å²) in [7, 11) is 1.76. The summed E-state index contributed by atoms with van der Waals surface area (Å²) < 4.78 is 5.41. The maximum absolute atomic E-state index is 12.6. The maximum Gasteiger partial charge on any atom is 0.226 e. The van der Waals surface area contributed by atoms with E-state index in [1.165, 1.54) is 12.8 Å². The summed E-state index contributed by atoms with van der Waals surface area (Å²) in [5, 5.41) is 6.66. The quantitative estimate of drug-likeness (QED) is 0.784. The van der Waals surface area contributed by atoms with Crippen molar-refractivity contribution in [1.82, 2.24) is 10.6 Å². The first kappa shape index (κ1) is 15.8. The number of ether oxygens (including phenoxy) is 1. The summed E-state index contributed by atoms with van der Waals surface area (Å²) in [5.74, 6) is 0.284. The first-order valence-corrected chi connectivity index (χ1v) is 8.14. The van der Waals surface area contributed by atoms with Gasteiger partial charge in [0.15, 0.2) is 0 Å². The van der Waals surface area contributed by atoms with E-state index < -0.39 is 0 Å². The number of carbonyl (C=O) groups is 1. The number of methoxy groups -OCH3 is 1. The Labute approximate surface area is 123 Å². The monoisotopic (exact) mass is 282 g/mol. The number of nitrogens with one attached hydrogen (secondary N) is 2. The van der Waals surface area contributed by atoms with Crippen molar-refractivity contribution in [1.29, 1.82) is 0 Å². The largest absolute Gasteiger partial charge is 0.384 e. The Hall–Kier alpha value is -0.610. The zero-order valence-corrected chi connectivity index (χ0v) is 13.1. The van der Waals surface area contributed by atoms with E-state index in [9.17, 15) is 4.79 Å². The number of piperidine rings is 1. The first-order valence-electron chi connectivity index (χ1n) is 8.14. The Balaban J connectivity index is 1.93. The summed E-state index contributed by atoms with van der Waals surface area (Å²) in [5.41, 5.74) is 0.0460. The van der Waals surface area contributed by atoms with E-state index >= 15 is 0 Å². The summed E-state index contributed by atoms with van der Waals surface area (Å²) in [4.78, 5) is 12.6. The lowest BCUT2D eigenvalue weighted by Crippen LogP contribution is -2.49. The normalized spacial score (nSPS) is 24.5. The summed E-state index contributed by atoms with van der Waals surface area (Å²) in [6.07, 6.45) is 7.67. The zero-order chi connectivity index (χ0) is 14.5. The molecule has 1 saturated carbocycles. The van der Waals surface area contributed by atoms with Gasteiger partial charge in [0.2, 0.25) is 5.91 Å². The summed E-state index contributed by atoms with van der Waals surface area (Å²) in [6.45, 7) is 5.72. The highest BCUT2D eigenvalue weighted by Crippen LogP contribution is 2.41. The van der Waals surface area contributed by atoms with Crippen molar-refractivity contribution in [3.63, 3.8) is 0 Å². The van der Waals surface area contributed by atoms with Crippen LogP contribution in [-0.4, -0.2) is 39.3 Å². The zero-order valence-electron chi connectivity index (χ0n) is 13.1. The molecule has 0 aromatic carbocycles. The molecule has 0 spiro atoms. The van der Waals surface area contributed by atoms with Crippen molar-refractivity contribution >= 4 is 5.91 Å². The van der Waals surface area contributed by atoms with E-state index in [0.717, 1.165) is 58.3 Å².